The lowest BCUT2D eigenvalue weighted by atomic mass is 9.89. The Hall–Kier alpha value is -1.58. The molecule has 1 aromatic heterocycles. The van der Waals surface area contributed by atoms with Crippen LogP contribution in [0.1, 0.15) is 69.4 Å². The van der Waals surface area contributed by atoms with Crippen molar-refractivity contribution < 1.29 is 9.90 Å². The van der Waals surface area contributed by atoms with Crippen molar-refractivity contribution in [1.29, 1.82) is 0 Å². The van der Waals surface area contributed by atoms with Crippen LogP contribution in [0.5, 0.6) is 0 Å². The van der Waals surface area contributed by atoms with Gasteiger partial charge in [0.05, 0.1) is 5.56 Å². The van der Waals surface area contributed by atoms with Crippen LogP contribution in [0.3, 0.4) is 0 Å². The third kappa shape index (κ3) is 3.96. The number of carbonyl (C=O) groups is 1. The summed E-state index contributed by atoms with van der Waals surface area (Å²) in [7, 11) is 0. The molecule has 2 rings (SSSR count). The van der Waals surface area contributed by atoms with Crippen molar-refractivity contribution in [3.8, 4) is 0 Å². The van der Waals surface area contributed by atoms with E-state index in [1.165, 1.54) is 25.7 Å². The number of rotatable bonds is 4. The molecule has 0 bridgehead atoms. The van der Waals surface area contributed by atoms with Crippen molar-refractivity contribution in [1.82, 2.24) is 4.98 Å². The second-order valence-corrected chi connectivity index (χ2v) is 7.55. The van der Waals surface area contributed by atoms with Crippen molar-refractivity contribution in [3.05, 3.63) is 23.4 Å². The third-order valence-corrected chi connectivity index (χ3v) is 4.35. The molecule has 0 aliphatic heterocycles. The Balaban J connectivity index is 2.22. The van der Waals surface area contributed by atoms with Crippen molar-refractivity contribution in [3.63, 3.8) is 0 Å². The molecule has 1 aliphatic rings. The van der Waals surface area contributed by atoms with Crippen LogP contribution in [0.4, 0.5) is 5.82 Å². The van der Waals surface area contributed by atoms with Gasteiger partial charge in [-0.15, -0.1) is 0 Å². The topological polar surface area (TPSA) is 62.2 Å². The van der Waals surface area contributed by atoms with Gasteiger partial charge in [0.25, 0.3) is 0 Å². The Morgan fingerprint density at radius 2 is 1.95 bits per heavy atom. The molecule has 4 heteroatoms. The Morgan fingerprint density at radius 3 is 2.48 bits per heavy atom. The van der Waals surface area contributed by atoms with Gasteiger partial charge < -0.3 is 10.4 Å². The predicted molar refractivity (Wildman–Crippen MR) is 85.0 cm³/mol. The number of nitrogens with zero attached hydrogens (tertiary/aromatic N) is 1. The van der Waals surface area contributed by atoms with Crippen LogP contribution in [0.2, 0.25) is 0 Å². The third-order valence-electron chi connectivity index (χ3n) is 4.35. The van der Waals surface area contributed by atoms with Gasteiger partial charge in [-0.2, -0.15) is 0 Å². The highest BCUT2D eigenvalue weighted by molar-refractivity contribution is 5.88. The summed E-state index contributed by atoms with van der Waals surface area (Å²) >= 11 is 0. The fraction of sp³-hybridized carbons (Fsp3) is 0.647. The standard InChI is InChI=1S/C17H26N2O2/c1-16(2,3)13-9-12(15(20)21)10-14(19-13)18-11-17(4)7-5-6-8-17/h9-10H,5-8,11H2,1-4H3,(H,18,19)(H,20,21). The van der Waals surface area contributed by atoms with Gasteiger partial charge in [0.15, 0.2) is 0 Å². The molecule has 4 nitrogen and oxygen atoms in total. The molecule has 0 spiro atoms. The molecule has 1 saturated carbocycles. The number of aromatic carboxylic acids is 1. The summed E-state index contributed by atoms with van der Waals surface area (Å²) in [6.07, 6.45) is 5.03. The number of hydrogen-bond acceptors (Lipinski definition) is 3. The Morgan fingerprint density at radius 1 is 1.33 bits per heavy atom. The van der Waals surface area contributed by atoms with Crippen molar-refractivity contribution in [2.75, 3.05) is 11.9 Å². The number of nitrogens with one attached hydrogen (secondary N) is 1. The van der Waals surface area contributed by atoms with Gasteiger partial charge in [-0.25, -0.2) is 9.78 Å². The van der Waals surface area contributed by atoms with Crippen LogP contribution in [0, 0.1) is 5.41 Å². The minimum atomic E-state index is -0.905. The first-order chi connectivity index (χ1) is 9.70. The lowest BCUT2D eigenvalue weighted by molar-refractivity contribution is 0.0696. The van der Waals surface area contributed by atoms with E-state index in [2.05, 4.69) is 17.2 Å². The van der Waals surface area contributed by atoms with Crippen molar-refractivity contribution in [2.45, 2.75) is 58.8 Å². The molecular weight excluding hydrogens is 264 g/mol. The quantitative estimate of drug-likeness (QED) is 0.877. The molecule has 2 N–H and O–H groups in total. The highest BCUT2D eigenvalue weighted by Gasteiger charge is 2.28. The van der Waals surface area contributed by atoms with Gasteiger partial charge in [0, 0.05) is 17.7 Å². The predicted octanol–water partition coefficient (Wildman–Crippen LogP) is 4.07. The maximum atomic E-state index is 11.3. The average molecular weight is 290 g/mol. The van der Waals surface area contributed by atoms with Crippen LogP contribution in [0.15, 0.2) is 12.1 Å². The Bertz CT molecular complexity index is 526. The summed E-state index contributed by atoms with van der Waals surface area (Å²) in [6.45, 7) is 9.28. The maximum Gasteiger partial charge on any atom is 0.335 e. The van der Waals surface area contributed by atoms with Crippen molar-refractivity contribution >= 4 is 11.8 Å². The second kappa shape index (κ2) is 5.66. The monoisotopic (exact) mass is 290 g/mol. The molecule has 0 unspecified atom stereocenters. The molecule has 0 amide bonds. The molecule has 116 valence electrons. The van der Waals surface area contributed by atoms with E-state index < -0.39 is 5.97 Å². The van der Waals surface area contributed by atoms with E-state index in [-0.39, 0.29) is 5.41 Å². The summed E-state index contributed by atoms with van der Waals surface area (Å²) in [5, 5.41) is 12.6. The van der Waals surface area contributed by atoms with E-state index in [0.717, 1.165) is 12.2 Å². The van der Waals surface area contributed by atoms with Crippen LogP contribution in [-0.4, -0.2) is 22.6 Å². The molecule has 0 aromatic carbocycles. The average Bonchev–Trinajstić information content (AvgIpc) is 2.82. The van der Waals surface area contributed by atoms with Gasteiger partial charge in [-0.1, -0.05) is 40.5 Å². The first kappa shape index (κ1) is 15.8. The van der Waals surface area contributed by atoms with Gasteiger partial charge in [0.2, 0.25) is 0 Å². The highest BCUT2D eigenvalue weighted by atomic mass is 16.4. The van der Waals surface area contributed by atoms with Gasteiger partial charge >= 0.3 is 5.97 Å². The fourth-order valence-corrected chi connectivity index (χ4v) is 2.84. The van der Waals surface area contributed by atoms with E-state index in [4.69, 9.17) is 0 Å². The van der Waals surface area contributed by atoms with Crippen LogP contribution in [-0.2, 0) is 5.41 Å². The smallest absolute Gasteiger partial charge is 0.335 e. The number of pyridine rings is 1. The molecule has 1 fully saturated rings. The lowest BCUT2D eigenvalue weighted by Crippen LogP contribution is -2.24. The van der Waals surface area contributed by atoms with Crippen LogP contribution in [0.25, 0.3) is 0 Å². The molecule has 1 aromatic rings. The second-order valence-electron chi connectivity index (χ2n) is 7.55. The Kier molecular flexibility index (Phi) is 4.26. The molecule has 1 aliphatic carbocycles. The summed E-state index contributed by atoms with van der Waals surface area (Å²) in [4.78, 5) is 15.9. The normalized spacial score (nSPS) is 17.7. The first-order valence-corrected chi connectivity index (χ1v) is 7.69. The minimum Gasteiger partial charge on any atom is -0.478 e. The van der Waals surface area contributed by atoms with E-state index in [9.17, 15) is 9.90 Å². The summed E-state index contributed by atoms with van der Waals surface area (Å²) < 4.78 is 0. The zero-order valence-corrected chi connectivity index (χ0v) is 13.5. The van der Waals surface area contributed by atoms with E-state index in [0.29, 0.717) is 16.8 Å². The minimum absolute atomic E-state index is 0.168. The molecular formula is C17H26N2O2. The summed E-state index contributed by atoms with van der Waals surface area (Å²) in [6, 6.07) is 3.31. The number of carboxylic acid groups (broad SMARTS) is 1. The zero-order chi connectivity index (χ0) is 15.7. The summed E-state index contributed by atoms with van der Waals surface area (Å²) in [5.74, 6) is -0.231. The maximum absolute atomic E-state index is 11.3. The van der Waals surface area contributed by atoms with E-state index in [1.807, 2.05) is 20.8 Å². The molecule has 1 heterocycles. The Labute approximate surface area is 127 Å². The number of aromatic nitrogens is 1. The van der Waals surface area contributed by atoms with Gasteiger partial charge in [-0.3, -0.25) is 0 Å². The zero-order valence-electron chi connectivity index (χ0n) is 13.5. The fourth-order valence-electron chi connectivity index (χ4n) is 2.84. The first-order valence-electron chi connectivity index (χ1n) is 7.69. The molecule has 21 heavy (non-hydrogen) atoms. The van der Waals surface area contributed by atoms with Crippen LogP contribution >= 0.6 is 0 Å². The number of hydrogen-bond donors (Lipinski definition) is 2. The molecule has 0 radical (unpaired) electrons. The summed E-state index contributed by atoms with van der Waals surface area (Å²) in [5.41, 5.74) is 1.25. The number of anilines is 1. The van der Waals surface area contributed by atoms with Crippen LogP contribution < -0.4 is 5.32 Å². The largest absolute Gasteiger partial charge is 0.478 e. The molecule has 0 atom stereocenters. The SMILES string of the molecule is CC1(CNc2cc(C(=O)O)cc(C(C)(C)C)n2)CCCC1. The van der Waals surface area contributed by atoms with Gasteiger partial charge in [-0.05, 0) is 30.4 Å². The lowest BCUT2D eigenvalue weighted by Gasteiger charge is -2.25. The molecule has 0 saturated heterocycles. The van der Waals surface area contributed by atoms with E-state index in [1.54, 1.807) is 12.1 Å². The van der Waals surface area contributed by atoms with E-state index >= 15 is 0 Å². The van der Waals surface area contributed by atoms with Crippen molar-refractivity contribution in [2.24, 2.45) is 5.41 Å². The number of carboxylic acids is 1. The highest BCUT2D eigenvalue weighted by Crippen LogP contribution is 2.37. The van der Waals surface area contributed by atoms with Gasteiger partial charge in [0.1, 0.15) is 5.82 Å².